The van der Waals surface area contributed by atoms with E-state index in [0.29, 0.717) is 5.41 Å². The molecule has 1 aliphatic rings. The minimum absolute atomic E-state index is 0.527. The molecule has 1 aromatic rings. The second kappa shape index (κ2) is 4.60. The van der Waals surface area contributed by atoms with E-state index in [1.165, 1.54) is 17.8 Å². The Hall–Kier alpha value is -0.120. The Labute approximate surface area is 93.7 Å². The molecule has 2 rings (SSSR count). The molecule has 14 heavy (non-hydrogen) atoms. The molecule has 4 heteroatoms. The second-order valence-electron chi connectivity index (χ2n) is 3.97. The van der Waals surface area contributed by atoms with Gasteiger partial charge in [-0.3, -0.25) is 0 Å². The number of halogens is 1. The zero-order chi connectivity index (χ0) is 9.86. The molecule has 0 bridgehead atoms. The largest absolute Gasteiger partial charge is 0.310 e. The number of nitrogens with zero attached hydrogens (tertiary/aromatic N) is 1. The van der Waals surface area contributed by atoms with Gasteiger partial charge in [-0.15, -0.1) is 22.9 Å². The van der Waals surface area contributed by atoms with Crippen LogP contribution >= 0.6 is 22.9 Å². The van der Waals surface area contributed by atoms with E-state index in [0.717, 1.165) is 25.4 Å². The SMILES string of the molecule is ClCCC1(CNCc2nccs2)CC1. The van der Waals surface area contributed by atoms with E-state index in [1.54, 1.807) is 11.3 Å². The first-order chi connectivity index (χ1) is 6.85. The second-order valence-corrected chi connectivity index (χ2v) is 5.33. The Bertz CT molecular complexity index is 270. The molecule has 0 unspecified atom stereocenters. The van der Waals surface area contributed by atoms with Crippen LogP contribution in [0, 0.1) is 5.41 Å². The number of thiazole rings is 1. The molecule has 0 radical (unpaired) electrons. The van der Waals surface area contributed by atoms with Crippen LogP contribution < -0.4 is 5.32 Å². The molecule has 0 amide bonds. The fourth-order valence-corrected chi connectivity index (χ4v) is 2.65. The summed E-state index contributed by atoms with van der Waals surface area (Å²) in [5.41, 5.74) is 0.527. The van der Waals surface area contributed by atoms with Crippen molar-refractivity contribution in [2.75, 3.05) is 12.4 Å². The van der Waals surface area contributed by atoms with E-state index in [1.807, 2.05) is 11.6 Å². The molecule has 0 aliphatic heterocycles. The average Bonchev–Trinajstić information content (AvgIpc) is 2.75. The van der Waals surface area contributed by atoms with Gasteiger partial charge in [-0.25, -0.2) is 4.98 Å². The third kappa shape index (κ3) is 2.69. The molecule has 1 aliphatic carbocycles. The zero-order valence-electron chi connectivity index (χ0n) is 8.13. The quantitative estimate of drug-likeness (QED) is 0.761. The fourth-order valence-electron chi connectivity index (χ4n) is 1.67. The summed E-state index contributed by atoms with van der Waals surface area (Å²) in [5, 5.41) is 6.65. The molecule has 1 N–H and O–H groups in total. The van der Waals surface area contributed by atoms with Crippen molar-refractivity contribution in [2.45, 2.75) is 25.8 Å². The van der Waals surface area contributed by atoms with Crippen LogP contribution in [-0.2, 0) is 6.54 Å². The molecular weight excluding hydrogens is 216 g/mol. The lowest BCUT2D eigenvalue weighted by Gasteiger charge is -2.13. The molecule has 1 saturated carbocycles. The fraction of sp³-hybridized carbons (Fsp3) is 0.700. The lowest BCUT2D eigenvalue weighted by atomic mass is 10.0. The summed E-state index contributed by atoms with van der Waals surface area (Å²) in [6.45, 7) is 2.00. The van der Waals surface area contributed by atoms with Crippen LogP contribution in [0.2, 0.25) is 0 Å². The Balaban J connectivity index is 1.68. The van der Waals surface area contributed by atoms with Crippen LogP contribution in [0.5, 0.6) is 0 Å². The van der Waals surface area contributed by atoms with Gasteiger partial charge >= 0.3 is 0 Å². The highest BCUT2D eigenvalue weighted by Gasteiger charge is 2.41. The topological polar surface area (TPSA) is 24.9 Å². The summed E-state index contributed by atoms with van der Waals surface area (Å²) >= 11 is 7.47. The van der Waals surface area contributed by atoms with Crippen LogP contribution in [0.25, 0.3) is 0 Å². The maximum absolute atomic E-state index is 5.77. The van der Waals surface area contributed by atoms with Gasteiger partial charge in [-0.2, -0.15) is 0 Å². The predicted molar refractivity (Wildman–Crippen MR) is 60.8 cm³/mol. The maximum atomic E-state index is 5.77. The van der Waals surface area contributed by atoms with Crippen molar-refractivity contribution in [1.29, 1.82) is 0 Å². The minimum atomic E-state index is 0.527. The zero-order valence-corrected chi connectivity index (χ0v) is 9.70. The van der Waals surface area contributed by atoms with Gasteiger partial charge in [0.1, 0.15) is 5.01 Å². The van der Waals surface area contributed by atoms with E-state index < -0.39 is 0 Å². The summed E-state index contributed by atoms with van der Waals surface area (Å²) in [6.07, 6.45) is 5.68. The summed E-state index contributed by atoms with van der Waals surface area (Å²) in [6, 6.07) is 0. The van der Waals surface area contributed by atoms with Crippen molar-refractivity contribution in [2.24, 2.45) is 5.41 Å². The number of hydrogen-bond donors (Lipinski definition) is 1. The van der Waals surface area contributed by atoms with Gasteiger partial charge in [0.15, 0.2) is 0 Å². The van der Waals surface area contributed by atoms with Gasteiger partial charge in [0.2, 0.25) is 0 Å². The number of aromatic nitrogens is 1. The van der Waals surface area contributed by atoms with E-state index in [-0.39, 0.29) is 0 Å². The Kier molecular flexibility index (Phi) is 3.42. The molecule has 0 spiro atoms. The molecule has 1 fully saturated rings. The number of rotatable bonds is 6. The maximum Gasteiger partial charge on any atom is 0.106 e. The lowest BCUT2D eigenvalue weighted by Crippen LogP contribution is -2.23. The van der Waals surface area contributed by atoms with Crippen molar-refractivity contribution in [3.05, 3.63) is 16.6 Å². The van der Waals surface area contributed by atoms with Crippen molar-refractivity contribution in [3.8, 4) is 0 Å². The average molecular weight is 231 g/mol. The van der Waals surface area contributed by atoms with Gasteiger partial charge in [0.05, 0.1) is 0 Å². The van der Waals surface area contributed by atoms with Crippen molar-refractivity contribution in [1.82, 2.24) is 10.3 Å². The molecular formula is C10H15ClN2S. The number of hydrogen-bond acceptors (Lipinski definition) is 3. The summed E-state index contributed by atoms with van der Waals surface area (Å²) < 4.78 is 0. The summed E-state index contributed by atoms with van der Waals surface area (Å²) in [5.74, 6) is 0.791. The summed E-state index contributed by atoms with van der Waals surface area (Å²) in [4.78, 5) is 4.23. The van der Waals surface area contributed by atoms with Crippen LogP contribution in [0.15, 0.2) is 11.6 Å². The van der Waals surface area contributed by atoms with Crippen LogP contribution in [0.4, 0.5) is 0 Å². The van der Waals surface area contributed by atoms with Crippen molar-refractivity contribution in [3.63, 3.8) is 0 Å². The predicted octanol–water partition coefficient (Wildman–Crippen LogP) is 2.64. The Morgan fingerprint density at radius 2 is 2.43 bits per heavy atom. The Morgan fingerprint density at radius 3 is 3.00 bits per heavy atom. The third-order valence-electron chi connectivity index (χ3n) is 2.84. The highest BCUT2D eigenvalue weighted by atomic mass is 35.5. The smallest absolute Gasteiger partial charge is 0.106 e. The lowest BCUT2D eigenvalue weighted by molar-refractivity contribution is 0.445. The van der Waals surface area contributed by atoms with Crippen LogP contribution in [0.3, 0.4) is 0 Å². The van der Waals surface area contributed by atoms with Crippen molar-refractivity contribution < 1.29 is 0 Å². The third-order valence-corrected chi connectivity index (χ3v) is 3.81. The van der Waals surface area contributed by atoms with Crippen LogP contribution in [-0.4, -0.2) is 17.4 Å². The molecule has 0 saturated heterocycles. The highest BCUT2D eigenvalue weighted by Crippen LogP contribution is 2.48. The van der Waals surface area contributed by atoms with Gasteiger partial charge < -0.3 is 5.32 Å². The number of alkyl halides is 1. The normalized spacial score (nSPS) is 18.4. The highest BCUT2D eigenvalue weighted by molar-refractivity contribution is 7.09. The Morgan fingerprint density at radius 1 is 1.57 bits per heavy atom. The summed E-state index contributed by atoms with van der Waals surface area (Å²) in [7, 11) is 0. The molecule has 2 nitrogen and oxygen atoms in total. The van der Waals surface area contributed by atoms with E-state index in [9.17, 15) is 0 Å². The van der Waals surface area contributed by atoms with Crippen molar-refractivity contribution >= 4 is 22.9 Å². The molecule has 0 atom stereocenters. The minimum Gasteiger partial charge on any atom is -0.310 e. The molecule has 0 aromatic carbocycles. The molecule has 1 heterocycles. The van der Waals surface area contributed by atoms with E-state index in [4.69, 9.17) is 11.6 Å². The standard InChI is InChI=1S/C10H15ClN2S/c11-4-3-10(1-2-10)8-12-7-9-13-5-6-14-9/h5-6,12H,1-4,7-8H2. The van der Waals surface area contributed by atoms with Gasteiger partial charge in [0.25, 0.3) is 0 Å². The first kappa shape index (κ1) is 10.4. The monoisotopic (exact) mass is 230 g/mol. The van der Waals surface area contributed by atoms with Gasteiger partial charge in [-0.05, 0) is 24.7 Å². The molecule has 1 aromatic heterocycles. The van der Waals surface area contributed by atoms with Crippen LogP contribution in [0.1, 0.15) is 24.3 Å². The van der Waals surface area contributed by atoms with Gasteiger partial charge in [0, 0.05) is 30.5 Å². The van der Waals surface area contributed by atoms with E-state index >= 15 is 0 Å². The van der Waals surface area contributed by atoms with Gasteiger partial charge in [-0.1, -0.05) is 0 Å². The first-order valence-corrected chi connectivity index (χ1v) is 6.41. The molecule has 78 valence electrons. The number of nitrogens with one attached hydrogen (secondary N) is 1. The first-order valence-electron chi connectivity index (χ1n) is 5.00. The van der Waals surface area contributed by atoms with E-state index in [2.05, 4.69) is 10.3 Å².